The highest BCUT2D eigenvalue weighted by atomic mass is 35.5. The second-order valence-electron chi connectivity index (χ2n) is 7.92. The zero-order valence-corrected chi connectivity index (χ0v) is 16.5. The summed E-state index contributed by atoms with van der Waals surface area (Å²) in [4.78, 5) is 0. The summed E-state index contributed by atoms with van der Waals surface area (Å²) >= 11 is 6.28. The highest BCUT2D eigenvalue weighted by Crippen LogP contribution is 2.39. The number of halogens is 2. The third-order valence-electron chi connectivity index (χ3n) is 6.17. The SMILES string of the molecule is COCC1(NCCC2CCC(c3cc(F)ccc3Cl)CC2)CCOCC1. The van der Waals surface area contributed by atoms with E-state index in [2.05, 4.69) is 5.32 Å². The Balaban J connectivity index is 1.44. The Kier molecular flexibility index (Phi) is 7.33. The molecule has 0 aromatic heterocycles. The molecule has 1 aliphatic carbocycles. The Bertz CT molecular complexity index is 564. The minimum atomic E-state index is -0.185. The molecule has 2 fully saturated rings. The van der Waals surface area contributed by atoms with Gasteiger partial charge in [-0.3, -0.25) is 0 Å². The minimum Gasteiger partial charge on any atom is -0.383 e. The van der Waals surface area contributed by atoms with E-state index < -0.39 is 0 Å². The van der Waals surface area contributed by atoms with Gasteiger partial charge in [0.25, 0.3) is 0 Å². The first-order valence-electron chi connectivity index (χ1n) is 9.88. The van der Waals surface area contributed by atoms with Gasteiger partial charge in [0.2, 0.25) is 0 Å². The van der Waals surface area contributed by atoms with Crippen LogP contribution in [0.1, 0.15) is 56.4 Å². The van der Waals surface area contributed by atoms with Crippen LogP contribution in [0.5, 0.6) is 0 Å². The fourth-order valence-electron chi connectivity index (χ4n) is 4.54. The highest BCUT2D eigenvalue weighted by Gasteiger charge is 2.32. The number of ether oxygens (including phenoxy) is 2. The van der Waals surface area contributed by atoms with Gasteiger partial charge in [0, 0.05) is 30.9 Å². The van der Waals surface area contributed by atoms with Gasteiger partial charge in [0.15, 0.2) is 0 Å². The van der Waals surface area contributed by atoms with Gasteiger partial charge < -0.3 is 14.8 Å². The lowest BCUT2D eigenvalue weighted by atomic mass is 9.77. The summed E-state index contributed by atoms with van der Waals surface area (Å²) in [5.41, 5.74) is 1.07. The van der Waals surface area contributed by atoms with Crippen LogP contribution in [0.15, 0.2) is 18.2 Å². The summed E-state index contributed by atoms with van der Waals surface area (Å²) in [6.45, 7) is 3.41. The van der Waals surface area contributed by atoms with E-state index in [1.165, 1.54) is 25.3 Å². The number of nitrogens with one attached hydrogen (secondary N) is 1. The molecule has 1 heterocycles. The molecule has 0 spiro atoms. The van der Waals surface area contributed by atoms with Crippen molar-refractivity contribution in [3.8, 4) is 0 Å². The zero-order chi connectivity index (χ0) is 18.4. The summed E-state index contributed by atoms with van der Waals surface area (Å²) in [5.74, 6) is 0.957. The monoisotopic (exact) mass is 383 g/mol. The Morgan fingerprint density at radius 3 is 2.65 bits per heavy atom. The van der Waals surface area contributed by atoms with Crippen LogP contribution in [-0.4, -0.2) is 39.0 Å². The van der Waals surface area contributed by atoms with Gasteiger partial charge in [-0.15, -0.1) is 0 Å². The molecular formula is C21H31ClFNO2. The number of rotatable bonds is 7. The van der Waals surface area contributed by atoms with E-state index in [1.54, 1.807) is 19.2 Å². The topological polar surface area (TPSA) is 30.5 Å². The average molecular weight is 384 g/mol. The van der Waals surface area contributed by atoms with Gasteiger partial charge >= 0.3 is 0 Å². The number of methoxy groups -OCH3 is 1. The molecule has 146 valence electrons. The van der Waals surface area contributed by atoms with Gasteiger partial charge in [0.05, 0.1) is 6.61 Å². The van der Waals surface area contributed by atoms with E-state index in [4.69, 9.17) is 21.1 Å². The van der Waals surface area contributed by atoms with E-state index in [0.717, 1.165) is 63.5 Å². The van der Waals surface area contributed by atoms with E-state index in [-0.39, 0.29) is 11.4 Å². The van der Waals surface area contributed by atoms with Crippen molar-refractivity contribution in [3.05, 3.63) is 34.6 Å². The molecule has 1 aromatic carbocycles. The summed E-state index contributed by atoms with van der Waals surface area (Å²) in [6.07, 6.45) is 7.82. The highest BCUT2D eigenvalue weighted by molar-refractivity contribution is 6.31. The normalized spacial score (nSPS) is 26.0. The smallest absolute Gasteiger partial charge is 0.123 e. The van der Waals surface area contributed by atoms with Crippen molar-refractivity contribution < 1.29 is 13.9 Å². The number of benzene rings is 1. The summed E-state index contributed by atoms with van der Waals surface area (Å²) < 4.78 is 24.5. The third kappa shape index (κ3) is 5.19. The lowest BCUT2D eigenvalue weighted by Crippen LogP contribution is -2.53. The van der Waals surface area contributed by atoms with Crippen molar-refractivity contribution in [2.75, 3.05) is 33.5 Å². The van der Waals surface area contributed by atoms with Gasteiger partial charge in [-0.1, -0.05) is 11.6 Å². The van der Waals surface area contributed by atoms with Crippen molar-refractivity contribution in [2.45, 2.75) is 56.4 Å². The average Bonchev–Trinajstić information content (AvgIpc) is 2.65. The molecule has 3 nitrogen and oxygen atoms in total. The lowest BCUT2D eigenvalue weighted by Gasteiger charge is -2.38. The van der Waals surface area contributed by atoms with Gasteiger partial charge in [-0.2, -0.15) is 0 Å². The largest absolute Gasteiger partial charge is 0.383 e. The molecule has 0 unspecified atom stereocenters. The summed E-state index contributed by atoms with van der Waals surface area (Å²) in [5, 5.41) is 4.47. The Morgan fingerprint density at radius 2 is 1.96 bits per heavy atom. The van der Waals surface area contributed by atoms with E-state index in [9.17, 15) is 4.39 Å². The standard InChI is InChI=1S/C21H31ClFNO2/c1-25-15-21(9-12-26-13-10-21)24-11-8-16-2-4-17(5-3-16)19-14-18(23)6-7-20(19)22/h6-7,14,16-17,24H,2-5,8-13,15H2,1H3. The quantitative estimate of drug-likeness (QED) is 0.724. The molecule has 0 bridgehead atoms. The van der Waals surface area contributed by atoms with Crippen molar-refractivity contribution in [1.29, 1.82) is 0 Å². The second-order valence-corrected chi connectivity index (χ2v) is 8.33. The molecule has 1 aromatic rings. The van der Waals surface area contributed by atoms with Crippen LogP contribution in [0.2, 0.25) is 5.02 Å². The molecule has 1 aliphatic heterocycles. The first kappa shape index (κ1) is 20.1. The molecule has 2 aliphatic rings. The van der Waals surface area contributed by atoms with Crippen LogP contribution in [0.4, 0.5) is 4.39 Å². The van der Waals surface area contributed by atoms with Gasteiger partial charge in [-0.25, -0.2) is 4.39 Å². The maximum atomic E-state index is 13.5. The van der Waals surface area contributed by atoms with Crippen LogP contribution in [-0.2, 0) is 9.47 Å². The van der Waals surface area contributed by atoms with Crippen molar-refractivity contribution in [2.24, 2.45) is 5.92 Å². The lowest BCUT2D eigenvalue weighted by molar-refractivity contribution is 0.0000476. The number of hydrogen-bond donors (Lipinski definition) is 1. The Morgan fingerprint density at radius 1 is 1.23 bits per heavy atom. The molecule has 5 heteroatoms. The van der Waals surface area contributed by atoms with Crippen molar-refractivity contribution >= 4 is 11.6 Å². The van der Waals surface area contributed by atoms with E-state index >= 15 is 0 Å². The molecule has 0 radical (unpaired) electrons. The van der Waals surface area contributed by atoms with Crippen LogP contribution in [0, 0.1) is 11.7 Å². The minimum absolute atomic E-state index is 0.0826. The molecular weight excluding hydrogens is 353 g/mol. The van der Waals surface area contributed by atoms with E-state index in [0.29, 0.717) is 10.9 Å². The molecule has 3 rings (SSSR count). The second kappa shape index (κ2) is 9.50. The fraction of sp³-hybridized carbons (Fsp3) is 0.714. The van der Waals surface area contributed by atoms with Crippen molar-refractivity contribution in [3.63, 3.8) is 0 Å². The molecule has 0 amide bonds. The predicted molar refractivity (Wildman–Crippen MR) is 103 cm³/mol. The van der Waals surface area contributed by atoms with Crippen molar-refractivity contribution in [1.82, 2.24) is 5.32 Å². The molecule has 0 atom stereocenters. The number of hydrogen-bond acceptors (Lipinski definition) is 3. The first-order chi connectivity index (χ1) is 12.6. The van der Waals surface area contributed by atoms with Gasteiger partial charge in [0.1, 0.15) is 5.82 Å². The molecule has 26 heavy (non-hydrogen) atoms. The van der Waals surface area contributed by atoms with Crippen LogP contribution in [0.25, 0.3) is 0 Å². The summed E-state index contributed by atoms with van der Waals surface area (Å²) in [6, 6.07) is 4.75. The van der Waals surface area contributed by atoms with E-state index in [1.807, 2.05) is 0 Å². The van der Waals surface area contributed by atoms with Gasteiger partial charge in [-0.05, 0) is 87.1 Å². The molecule has 1 saturated heterocycles. The fourth-order valence-corrected chi connectivity index (χ4v) is 4.81. The maximum Gasteiger partial charge on any atom is 0.123 e. The van der Waals surface area contributed by atoms with Crippen LogP contribution < -0.4 is 5.32 Å². The predicted octanol–water partition coefficient (Wildman–Crippen LogP) is 4.93. The molecule has 1 saturated carbocycles. The third-order valence-corrected chi connectivity index (χ3v) is 6.51. The first-order valence-corrected chi connectivity index (χ1v) is 10.3. The van der Waals surface area contributed by atoms with Crippen LogP contribution >= 0.6 is 11.6 Å². The molecule has 1 N–H and O–H groups in total. The zero-order valence-electron chi connectivity index (χ0n) is 15.7. The van der Waals surface area contributed by atoms with Crippen LogP contribution in [0.3, 0.4) is 0 Å². The summed E-state index contributed by atoms with van der Waals surface area (Å²) in [7, 11) is 1.78. The maximum absolute atomic E-state index is 13.5. The Hall–Kier alpha value is -0.680. The Labute approximate surface area is 161 Å².